The minimum absolute atomic E-state index is 0.146. The number of benzene rings is 2. The number of amides is 2. The molecule has 0 aliphatic carbocycles. The van der Waals surface area contributed by atoms with Crippen molar-refractivity contribution >= 4 is 28.7 Å². The predicted molar refractivity (Wildman–Crippen MR) is 126 cm³/mol. The number of aliphatic carboxylic acids is 1. The Hall–Kier alpha value is -4.23. The Balaban J connectivity index is 0.000000505. The molecule has 1 aliphatic rings. The van der Waals surface area contributed by atoms with E-state index in [1.54, 1.807) is 29.7 Å². The summed E-state index contributed by atoms with van der Waals surface area (Å²) in [5.41, 5.74) is 4.94. The maximum absolute atomic E-state index is 12.5. The average molecular weight is 535 g/mol. The number of carboxylic acid groups (broad SMARTS) is 1. The standard InChI is InChI=1S/C23H23N3O5.C2HF3O2/c1-14-10-16(18-4-2-3-5-20(18)24-14)11-31-17-8-6-15(7-9-17)22(27)25-21-13-30-12-19(21)23(28)26-29;3-2(4,5)1(6)7/h2-10,19,21,29H,11-13H2,1H3,(H,25,27)(H,26,28);(H,6,7)/t19-,21+;/m1./s1. The lowest BCUT2D eigenvalue weighted by atomic mass is 10.0. The number of fused-ring (bicyclic) bond motifs is 1. The summed E-state index contributed by atoms with van der Waals surface area (Å²) in [4.78, 5) is 37.6. The summed E-state index contributed by atoms with van der Waals surface area (Å²) < 4.78 is 42.9. The number of para-hydroxylation sites is 1. The largest absolute Gasteiger partial charge is 0.490 e. The molecule has 4 N–H and O–H groups in total. The number of hydroxylamine groups is 1. The molecule has 0 saturated carbocycles. The van der Waals surface area contributed by atoms with Crippen LogP contribution in [0.15, 0.2) is 54.6 Å². The Bertz CT molecular complexity index is 1300. The molecule has 2 amide bonds. The van der Waals surface area contributed by atoms with Crippen LogP contribution in [0.25, 0.3) is 10.9 Å². The zero-order valence-corrected chi connectivity index (χ0v) is 20.0. The number of hydrogen-bond acceptors (Lipinski definition) is 7. The van der Waals surface area contributed by atoms with Crippen LogP contribution >= 0.6 is 0 Å². The summed E-state index contributed by atoms with van der Waals surface area (Å²) in [6.07, 6.45) is -5.08. The number of alkyl halides is 3. The van der Waals surface area contributed by atoms with E-state index in [2.05, 4.69) is 10.3 Å². The predicted octanol–water partition coefficient (Wildman–Crippen LogP) is 3.01. The Morgan fingerprint density at radius 2 is 1.76 bits per heavy atom. The molecule has 0 bridgehead atoms. The zero-order valence-electron chi connectivity index (χ0n) is 20.0. The van der Waals surface area contributed by atoms with Gasteiger partial charge in [0.15, 0.2) is 0 Å². The molecular formula is C25H24F3N3O7. The molecule has 2 heterocycles. The molecule has 4 rings (SSSR count). The van der Waals surface area contributed by atoms with E-state index in [1.807, 2.05) is 37.3 Å². The summed E-state index contributed by atoms with van der Waals surface area (Å²) in [7, 11) is 0. The number of nitrogens with one attached hydrogen (secondary N) is 2. The molecule has 1 aliphatic heterocycles. The first-order valence-electron chi connectivity index (χ1n) is 11.2. The molecule has 0 unspecified atom stereocenters. The van der Waals surface area contributed by atoms with Gasteiger partial charge >= 0.3 is 12.1 Å². The van der Waals surface area contributed by atoms with Crippen molar-refractivity contribution in [2.75, 3.05) is 13.2 Å². The van der Waals surface area contributed by atoms with Crippen LogP contribution in [0.3, 0.4) is 0 Å². The molecule has 0 radical (unpaired) electrons. The number of aryl methyl sites for hydroxylation is 1. The fourth-order valence-electron chi connectivity index (χ4n) is 3.67. The Morgan fingerprint density at radius 1 is 1.11 bits per heavy atom. The van der Waals surface area contributed by atoms with Gasteiger partial charge in [0.05, 0.1) is 30.7 Å². The number of carboxylic acids is 1. The summed E-state index contributed by atoms with van der Waals surface area (Å²) in [5.74, 6) is -3.65. The zero-order chi connectivity index (χ0) is 27.9. The second-order valence-electron chi connectivity index (χ2n) is 8.26. The number of carbonyl (C=O) groups is 3. The highest BCUT2D eigenvalue weighted by Gasteiger charge is 2.38. The van der Waals surface area contributed by atoms with E-state index in [-0.39, 0.29) is 19.1 Å². The average Bonchev–Trinajstić information content (AvgIpc) is 3.34. The first kappa shape index (κ1) is 28.3. The highest BCUT2D eigenvalue weighted by Crippen LogP contribution is 2.21. The lowest BCUT2D eigenvalue weighted by Crippen LogP contribution is -2.45. The molecule has 2 aromatic carbocycles. The number of ether oxygens (including phenoxy) is 2. The van der Waals surface area contributed by atoms with Gasteiger partial charge in [-0.25, -0.2) is 10.3 Å². The van der Waals surface area contributed by atoms with E-state index >= 15 is 0 Å². The molecule has 0 spiro atoms. The van der Waals surface area contributed by atoms with Crippen LogP contribution < -0.4 is 15.5 Å². The fraction of sp³-hybridized carbons (Fsp3) is 0.280. The third-order valence-corrected chi connectivity index (χ3v) is 5.53. The Labute approximate surface area is 214 Å². The van der Waals surface area contributed by atoms with Gasteiger partial charge in [-0.3, -0.25) is 19.8 Å². The van der Waals surface area contributed by atoms with Crippen molar-refractivity contribution < 1.29 is 47.3 Å². The van der Waals surface area contributed by atoms with Crippen LogP contribution in [0.5, 0.6) is 5.75 Å². The normalized spacial score (nSPS) is 16.8. The molecule has 10 nitrogen and oxygen atoms in total. The quantitative estimate of drug-likeness (QED) is 0.278. The van der Waals surface area contributed by atoms with Crippen LogP contribution in [0.2, 0.25) is 0 Å². The Morgan fingerprint density at radius 3 is 2.39 bits per heavy atom. The van der Waals surface area contributed by atoms with Crippen LogP contribution in [0, 0.1) is 12.8 Å². The molecule has 1 fully saturated rings. The van der Waals surface area contributed by atoms with Gasteiger partial charge in [0.2, 0.25) is 0 Å². The van der Waals surface area contributed by atoms with Gasteiger partial charge < -0.3 is 19.9 Å². The van der Waals surface area contributed by atoms with Gasteiger partial charge in [-0.05, 0) is 43.3 Å². The van der Waals surface area contributed by atoms with Crippen LogP contribution in [0.1, 0.15) is 21.6 Å². The van der Waals surface area contributed by atoms with Gasteiger partial charge in [0.1, 0.15) is 12.4 Å². The number of carbonyl (C=O) groups excluding carboxylic acids is 2. The maximum Gasteiger partial charge on any atom is 0.490 e. The van der Waals surface area contributed by atoms with Crippen molar-refractivity contribution in [2.45, 2.75) is 25.7 Å². The van der Waals surface area contributed by atoms with Crippen molar-refractivity contribution in [3.05, 3.63) is 71.4 Å². The lowest BCUT2D eigenvalue weighted by Gasteiger charge is -2.17. The third kappa shape index (κ3) is 7.40. The smallest absolute Gasteiger partial charge is 0.489 e. The molecular weight excluding hydrogens is 511 g/mol. The van der Waals surface area contributed by atoms with Gasteiger partial charge in [-0.15, -0.1) is 0 Å². The number of hydrogen-bond donors (Lipinski definition) is 4. The highest BCUT2D eigenvalue weighted by molar-refractivity contribution is 5.95. The van der Waals surface area contributed by atoms with Gasteiger partial charge in [-0.2, -0.15) is 13.2 Å². The molecule has 3 aromatic rings. The molecule has 202 valence electrons. The van der Waals surface area contributed by atoms with E-state index < -0.39 is 30.0 Å². The SMILES string of the molecule is Cc1cc(COc2ccc(C(=O)N[C@H]3COC[C@H]3C(=O)NO)cc2)c2ccccc2n1.O=C(O)C(F)(F)F. The molecule has 1 saturated heterocycles. The monoisotopic (exact) mass is 535 g/mol. The van der Waals surface area contributed by atoms with E-state index in [0.29, 0.717) is 17.9 Å². The molecule has 38 heavy (non-hydrogen) atoms. The minimum Gasteiger partial charge on any atom is -0.489 e. The second kappa shape index (κ2) is 12.3. The van der Waals surface area contributed by atoms with Crippen LogP contribution in [-0.4, -0.2) is 58.5 Å². The highest BCUT2D eigenvalue weighted by atomic mass is 19.4. The molecule has 13 heteroatoms. The fourth-order valence-corrected chi connectivity index (χ4v) is 3.67. The molecule has 1 aromatic heterocycles. The van der Waals surface area contributed by atoms with Gasteiger partial charge in [0, 0.05) is 22.2 Å². The summed E-state index contributed by atoms with van der Waals surface area (Å²) in [5, 5.41) is 19.8. The van der Waals surface area contributed by atoms with Crippen molar-refractivity contribution in [2.24, 2.45) is 5.92 Å². The molecule has 2 atom stereocenters. The number of halogens is 3. The van der Waals surface area contributed by atoms with Crippen molar-refractivity contribution in [3.8, 4) is 5.75 Å². The first-order valence-corrected chi connectivity index (χ1v) is 11.2. The van der Waals surface area contributed by atoms with E-state index in [9.17, 15) is 22.8 Å². The van der Waals surface area contributed by atoms with Crippen molar-refractivity contribution in [1.29, 1.82) is 0 Å². The Kier molecular flexibility index (Phi) is 9.20. The summed E-state index contributed by atoms with van der Waals surface area (Å²) >= 11 is 0. The third-order valence-electron chi connectivity index (χ3n) is 5.53. The summed E-state index contributed by atoms with van der Waals surface area (Å²) in [6, 6.07) is 16.2. The van der Waals surface area contributed by atoms with Crippen molar-refractivity contribution in [1.82, 2.24) is 15.8 Å². The number of aromatic nitrogens is 1. The second-order valence-corrected chi connectivity index (χ2v) is 8.26. The van der Waals surface area contributed by atoms with E-state index in [0.717, 1.165) is 22.2 Å². The van der Waals surface area contributed by atoms with Gasteiger partial charge in [-0.1, -0.05) is 18.2 Å². The van der Waals surface area contributed by atoms with E-state index in [1.165, 1.54) is 0 Å². The van der Waals surface area contributed by atoms with Gasteiger partial charge in [0.25, 0.3) is 11.8 Å². The van der Waals surface area contributed by atoms with E-state index in [4.69, 9.17) is 24.6 Å². The minimum atomic E-state index is -5.08. The number of rotatable bonds is 6. The topological polar surface area (TPSA) is 147 Å². The maximum atomic E-state index is 12.5. The first-order chi connectivity index (χ1) is 18.0. The lowest BCUT2D eigenvalue weighted by molar-refractivity contribution is -0.192. The number of pyridine rings is 1. The summed E-state index contributed by atoms with van der Waals surface area (Å²) in [6.45, 7) is 2.69. The van der Waals surface area contributed by atoms with Crippen LogP contribution in [0.4, 0.5) is 13.2 Å². The van der Waals surface area contributed by atoms with Crippen LogP contribution in [-0.2, 0) is 20.9 Å². The van der Waals surface area contributed by atoms with Crippen molar-refractivity contribution in [3.63, 3.8) is 0 Å². The number of nitrogens with zero attached hydrogens (tertiary/aromatic N) is 1.